The zero-order chi connectivity index (χ0) is 28.7. The number of nitrogens with zero attached hydrogens (tertiary/aromatic N) is 2. The monoisotopic (exact) mass is 569 g/mol. The molecule has 0 bridgehead atoms. The molecule has 1 unspecified atom stereocenters. The van der Waals surface area contributed by atoms with Crippen molar-refractivity contribution in [2.24, 2.45) is 0 Å². The van der Waals surface area contributed by atoms with Gasteiger partial charge in [0.1, 0.15) is 17.6 Å². The lowest BCUT2D eigenvalue weighted by molar-refractivity contribution is -0.142. The molecule has 0 heterocycles. The first-order chi connectivity index (χ1) is 17.7. The fourth-order valence-electron chi connectivity index (χ4n) is 3.97. The van der Waals surface area contributed by atoms with Gasteiger partial charge in [0.25, 0.3) is 0 Å². The van der Waals surface area contributed by atoms with Gasteiger partial charge in [-0.05, 0) is 69.5 Å². The van der Waals surface area contributed by atoms with E-state index in [0.717, 1.165) is 6.26 Å². The number of halogens is 2. The van der Waals surface area contributed by atoms with Crippen molar-refractivity contribution >= 4 is 39.1 Å². The van der Waals surface area contributed by atoms with Crippen LogP contribution in [0, 0.1) is 5.82 Å². The van der Waals surface area contributed by atoms with E-state index in [1.807, 2.05) is 27.7 Å². The van der Waals surface area contributed by atoms with Gasteiger partial charge in [0.05, 0.1) is 24.1 Å². The highest BCUT2D eigenvalue weighted by molar-refractivity contribution is 7.92. The Morgan fingerprint density at radius 2 is 1.76 bits per heavy atom. The van der Waals surface area contributed by atoms with E-state index in [1.54, 1.807) is 24.3 Å². The Labute approximate surface area is 230 Å². The van der Waals surface area contributed by atoms with Crippen molar-refractivity contribution in [1.29, 1.82) is 0 Å². The van der Waals surface area contributed by atoms with Crippen LogP contribution in [0.4, 0.5) is 10.1 Å². The van der Waals surface area contributed by atoms with Crippen molar-refractivity contribution in [3.63, 3.8) is 0 Å². The summed E-state index contributed by atoms with van der Waals surface area (Å²) in [6.45, 7) is 7.52. The maximum absolute atomic E-state index is 13.5. The number of sulfonamides is 1. The van der Waals surface area contributed by atoms with Gasteiger partial charge in [0, 0.05) is 25.0 Å². The molecule has 0 fully saturated rings. The van der Waals surface area contributed by atoms with Crippen molar-refractivity contribution in [2.45, 2.75) is 65.1 Å². The van der Waals surface area contributed by atoms with Crippen LogP contribution < -0.4 is 14.4 Å². The molecular weight excluding hydrogens is 533 g/mol. The van der Waals surface area contributed by atoms with E-state index in [9.17, 15) is 22.4 Å². The number of benzene rings is 2. The molecule has 2 amide bonds. The molecule has 2 aromatic carbocycles. The highest BCUT2D eigenvalue weighted by atomic mass is 35.5. The average molecular weight is 570 g/mol. The summed E-state index contributed by atoms with van der Waals surface area (Å²) in [6.07, 6.45) is 1.65. The molecule has 0 spiro atoms. The van der Waals surface area contributed by atoms with Gasteiger partial charge in [-0.1, -0.05) is 30.7 Å². The minimum Gasteiger partial charge on any atom is -0.495 e. The summed E-state index contributed by atoms with van der Waals surface area (Å²) >= 11 is 6.19. The summed E-state index contributed by atoms with van der Waals surface area (Å²) in [6, 6.07) is 9.65. The van der Waals surface area contributed by atoms with Crippen LogP contribution in [0.15, 0.2) is 42.5 Å². The van der Waals surface area contributed by atoms with Gasteiger partial charge in [0.2, 0.25) is 21.8 Å². The second-order valence-electron chi connectivity index (χ2n) is 10.1. The predicted molar refractivity (Wildman–Crippen MR) is 148 cm³/mol. The lowest BCUT2D eigenvalue weighted by atomic mass is 10.0. The van der Waals surface area contributed by atoms with Crippen molar-refractivity contribution in [3.8, 4) is 5.75 Å². The van der Waals surface area contributed by atoms with Crippen LogP contribution in [-0.4, -0.2) is 56.6 Å². The number of amides is 2. The summed E-state index contributed by atoms with van der Waals surface area (Å²) in [5, 5.41) is 3.19. The Bertz CT molecular complexity index is 1220. The number of ether oxygens (including phenoxy) is 1. The molecule has 8 nitrogen and oxygen atoms in total. The molecule has 1 atom stereocenters. The first kappa shape index (κ1) is 31.4. The van der Waals surface area contributed by atoms with E-state index in [4.69, 9.17) is 16.3 Å². The fraction of sp³-hybridized carbons (Fsp3) is 0.481. The molecule has 0 radical (unpaired) electrons. The normalized spacial score (nSPS) is 12.5. The number of methoxy groups -OCH3 is 1. The molecule has 0 aliphatic carbocycles. The van der Waals surface area contributed by atoms with Crippen molar-refractivity contribution in [1.82, 2.24) is 10.2 Å². The maximum atomic E-state index is 13.5. The molecule has 11 heteroatoms. The highest BCUT2D eigenvalue weighted by Gasteiger charge is 2.30. The fourth-order valence-corrected chi connectivity index (χ4v) is 5.18. The van der Waals surface area contributed by atoms with Crippen LogP contribution in [0.25, 0.3) is 0 Å². The van der Waals surface area contributed by atoms with Crippen molar-refractivity contribution in [2.75, 3.05) is 24.2 Å². The molecular formula is C27H37ClFN3O5S. The Morgan fingerprint density at radius 1 is 1.13 bits per heavy atom. The molecule has 0 aliphatic rings. The largest absolute Gasteiger partial charge is 0.495 e. The number of carbonyl (C=O) groups is 2. The molecule has 0 aliphatic heterocycles. The maximum Gasteiger partial charge on any atom is 0.243 e. The topological polar surface area (TPSA) is 96.0 Å². The molecule has 0 saturated heterocycles. The summed E-state index contributed by atoms with van der Waals surface area (Å²) in [4.78, 5) is 28.0. The van der Waals surface area contributed by atoms with E-state index in [-0.39, 0.29) is 42.8 Å². The Morgan fingerprint density at radius 3 is 2.26 bits per heavy atom. The van der Waals surface area contributed by atoms with E-state index in [1.165, 1.54) is 34.5 Å². The first-order valence-corrected chi connectivity index (χ1v) is 14.6. The van der Waals surface area contributed by atoms with Gasteiger partial charge in [-0.25, -0.2) is 12.8 Å². The number of hydrogen-bond donors (Lipinski definition) is 1. The molecule has 1 N–H and O–H groups in total. The zero-order valence-corrected chi connectivity index (χ0v) is 24.3. The van der Waals surface area contributed by atoms with E-state index >= 15 is 0 Å². The van der Waals surface area contributed by atoms with E-state index in [2.05, 4.69) is 5.32 Å². The molecule has 38 heavy (non-hydrogen) atoms. The molecule has 210 valence electrons. The Kier molecular flexibility index (Phi) is 11.0. The van der Waals surface area contributed by atoms with Crippen LogP contribution in [0.1, 0.15) is 52.5 Å². The third kappa shape index (κ3) is 9.16. The van der Waals surface area contributed by atoms with Gasteiger partial charge in [-0.2, -0.15) is 0 Å². The van der Waals surface area contributed by atoms with Crippen molar-refractivity contribution in [3.05, 3.63) is 58.9 Å². The number of hydrogen-bond acceptors (Lipinski definition) is 5. The Balaban J connectivity index is 2.25. The summed E-state index contributed by atoms with van der Waals surface area (Å²) in [5.74, 6) is -0.592. The standard InChI is InChI=1S/C27H37ClFN3O5S/c1-7-23(26(34)30-27(2,3)4)31(18-19-10-12-20(29)13-11-19)25(33)9-8-16-32(38(6,35)36)21-14-15-24(37-5)22(28)17-21/h10-15,17,23H,7-9,16,18H2,1-6H3,(H,30,34). The lowest BCUT2D eigenvalue weighted by Gasteiger charge is -2.33. The first-order valence-electron chi connectivity index (χ1n) is 12.3. The summed E-state index contributed by atoms with van der Waals surface area (Å²) in [7, 11) is -2.21. The van der Waals surface area contributed by atoms with E-state index < -0.39 is 27.4 Å². The number of rotatable bonds is 12. The van der Waals surface area contributed by atoms with Crippen LogP contribution in [-0.2, 0) is 26.2 Å². The minimum absolute atomic E-state index is 0.00357. The number of anilines is 1. The van der Waals surface area contributed by atoms with Gasteiger partial charge in [-0.15, -0.1) is 0 Å². The van der Waals surface area contributed by atoms with Gasteiger partial charge >= 0.3 is 0 Å². The minimum atomic E-state index is -3.67. The highest BCUT2D eigenvalue weighted by Crippen LogP contribution is 2.30. The summed E-state index contributed by atoms with van der Waals surface area (Å²) in [5.41, 5.74) is 0.530. The number of carbonyl (C=O) groups excluding carboxylic acids is 2. The van der Waals surface area contributed by atoms with Gasteiger partial charge in [0.15, 0.2) is 0 Å². The molecule has 0 aromatic heterocycles. The van der Waals surface area contributed by atoms with Crippen LogP contribution in [0.5, 0.6) is 5.75 Å². The summed E-state index contributed by atoms with van der Waals surface area (Å²) < 4.78 is 44.8. The third-order valence-corrected chi connectivity index (χ3v) is 7.22. The number of nitrogens with one attached hydrogen (secondary N) is 1. The van der Waals surface area contributed by atoms with Gasteiger partial charge < -0.3 is 15.0 Å². The third-order valence-electron chi connectivity index (χ3n) is 5.73. The van der Waals surface area contributed by atoms with Crippen LogP contribution >= 0.6 is 11.6 Å². The molecule has 2 rings (SSSR count). The SMILES string of the molecule is CCC(C(=O)NC(C)(C)C)N(Cc1ccc(F)cc1)C(=O)CCCN(c1ccc(OC)c(Cl)c1)S(C)(=O)=O. The molecule has 0 saturated carbocycles. The predicted octanol–water partition coefficient (Wildman–Crippen LogP) is 4.76. The van der Waals surface area contributed by atoms with Crippen molar-refractivity contribution < 1.29 is 27.1 Å². The van der Waals surface area contributed by atoms with Crippen LogP contribution in [0.2, 0.25) is 5.02 Å². The quantitative estimate of drug-likeness (QED) is 0.398. The molecule has 2 aromatic rings. The Hall–Kier alpha value is -2.85. The average Bonchev–Trinajstić information content (AvgIpc) is 2.80. The lowest BCUT2D eigenvalue weighted by Crippen LogP contribution is -2.53. The second-order valence-corrected chi connectivity index (χ2v) is 12.4. The smallest absolute Gasteiger partial charge is 0.243 e. The zero-order valence-electron chi connectivity index (χ0n) is 22.8. The second kappa shape index (κ2) is 13.3. The van der Waals surface area contributed by atoms with Gasteiger partial charge in [-0.3, -0.25) is 13.9 Å². The van der Waals surface area contributed by atoms with E-state index in [0.29, 0.717) is 23.4 Å². The van der Waals surface area contributed by atoms with Crippen LogP contribution in [0.3, 0.4) is 0 Å².